The predicted octanol–water partition coefficient (Wildman–Crippen LogP) is 1.41. The van der Waals surface area contributed by atoms with E-state index in [0.717, 1.165) is 42.8 Å². The first kappa shape index (κ1) is 17.2. The SMILES string of the molecule is CN(C(=O)Cn1nc2n(c1=O)-c1ccccc1C1=NCCN12)C1CCCCC1. The molecule has 2 aliphatic heterocycles. The van der Waals surface area contributed by atoms with Gasteiger partial charge in [-0.2, -0.15) is 0 Å². The number of anilines is 1. The van der Waals surface area contributed by atoms with Crippen molar-refractivity contribution in [3.05, 3.63) is 40.3 Å². The Labute approximate surface area is 163 Å². The lowest BCUT2D eigenvalue weighted by Crippen LogP contribution is -2.42. The van der Waals surface area contributed by atoms with E-state index in [1.165, 1.54) is 11.1 Å². The van der Waals surface area contributed by atoms with Crippen LogP contribution in [0.25, 0.3) is 5.69 Å². The van der Waals surface area contributed by atoms with Crippen LogP contribution in [0.1, 0.15) is 37.7 Å². The van der Waals surface area contributed by atoms with Gasteiger partial charge in [-0.25, -0.2) is 14.0 Å². The minimum absolute atomic E-state index is 0.0334. The van der Waals surface area contributed by atoms with E-state index in [0.29, 0.717) is 19.0 Å². The minimum atomic E-state index is -0.279. The van der Waals surface area contributed by atoms with E-state index in [9.17, 15) is 9.59 Å². The zero-order valence-corrected chi connectivity index (χ0v) is 16.0. The van der Waals surface area contributed by atoms with Crippen LogP contribution in [0, 0.1) is 0 Å². The Kier molecular flexibility index (Phi) is 4.07. The van der Waals surface area contributed by atoms with E-state index in [4.69, 9.17) is 0 Å². The van der Waals surface area contributed by atoms with Crippen LogP contribution in [-0.2, 0) is 11.3 Å². The Hall–Kier alpha value is -2.90. The van der Waals surface area contributed by atoms with E-state index >= 15 is 0 Å². The Morgan fingerprint density at radius 3 is 2.82 bits per heavy atom. The number of carbonyl (C=O) groups excluding carboxylic acids is 1. The number of rotatable bonds is 3. The van der Waals surface area contributed by atoms with Crippen molar-refractivity contribution in [3.63, 3.8) is 0 Å². The third-order valence-corrected chi connectivity index (χ3v) is 6.09. The summed E-state index contributed by atoms with van der Waals surface area (Å²) in [7, 11) is 1.85. The standard InChI is InChI=1S/C20H24N6O2/c1-23(14-7-3-2-4-8-14)17(27)13-25-20(28)26-16-10-6-5-9-15(16)18-21-11-12-24(18)19(26)22-25/h5-6,9-10,14H,2-4,7-8,11-13H2,1H3. The first-order chi connectivity index (χ1) is 13.6. The number of amides is 1. The second kappa shape index (κ2) is 6.61. The van der Waals surface area contributed by atoms with Crippen LogP contribution < -0.4 is 10.6 Å². The van der Waals surface area contributed by atoms with E-state index in [1.807, 2.05) is 36.2 Å². The molecule has 146 valence electrons. The zero-order valence-electron chi connectivity index (χ0n) is 16.0. The molecule has 1 amide bonds. The van der Waals surface area contributed by atoms with Gasteiger partial charge in [-0.3, -0.25) is 14.7 Å². The molecule has 3 aliphatic rings. The zero-order chi connectivity index (χ0) is 19.3. The summed E-state index contributed by atoms with van der Waals surface area (Å²) in [6.07, 6.45) is 5.64. The van der Waals surface area contributed by atoms with Crippen LogP contribution >= 0.6 is 0 Å². The monoisotopic (exact) mass is 380 g/mol. The van der Waals surface area contributed by atoms with Crippen molar-refractivity contribution in [1.82, 2.24) is 19.2 Å². The first-order valence-corrected chi connectivity index (χ1v) is 10.0. The molecular formula is C20H24N6O2. The molecule has 0 radical (unpaired) electrons. The lowest BCUT2D eigenvalue weighted by molar-refractivity contribution is -0.133. The van der Waals surface area contributed by atoms with Crippen molar-refractivity contribution in [2.45, 2.75) is 44.7 Å². The molecule has 5 rings (SSSR count). The predicted molar refractivity (Wildman–Crippen MR) is 106 cm³/mol. The van der Waals surface area contributed by atoms with E-state index in [1.54, 1.807) is 9.47 Å². The fourth-order valence-corrected chi connectivity index (χ4v) is 4.53. The molecule has 1 aromatic heterocycles. The summed E-state index contributed by atoms with van der Waals surface area (Å²) in [4.78, 5) is 34.3. The van der Waals surface area contributed by atoms with Crippen LogP contribution in [0.5, 0.6) is 0 Å². The second-order valence-electron chi connectivity index (χ2n) is 7.75. The highest BCUT2D eigenvalue weighted by molar-refractivity contribution is 6.14. The fourth-order valence-electron chi connectivity index (χ4n) is 4.53. The third-order valence-electron chi connectivity index (χ3n) is 6.09. The number of benzene rings is 1. The molecule has 0 saturated heterocycles. The molecule has 0 atom stereocenters. The number of carbonyl (C=O) groups is 1. The van der Waals surface area contributed by atoms with Crippen molar-refractivity contribution in [2.24, 2.45) is 4.99 Å². The number of likely N-dealkylation sites (N-methyl/N-ethyl adjacent to an activating group) is 1. The summed E-state index contributed by atoms with van der Waals surface area (Å²) in [5.74, 6) is 1.34. The summed E-state index contributed by atoms with van der Waals surface area (Å²) in [6, 6.07) is 7.99. The summed E-state index contributed by atoms with van der Waals surface area (Å²) in [5.41, 5.74) is 1.43. The second-order valence-corrected chi connectivity index (χ2v) is 7.75. The van der Waals surface area contributed by atoms with Gasteiger partial charge in [-0.05, 0) is 25.0 Å². The molecule has 1 aromatic carbocycles. The highest BCUT2D eigenvalue weighted by Crippen LogP contribution is 2.29. The van der Waals surface area contributed by atoms with Gasteiger partial charge in [0, 0.05) is 25.2 Å². The number of para-hydroxylation sites is 1. The molecule has 1 aliphatic carbocycles. The van der Waals surface area contributed by atoms with Gasteiger partial charge in [0.1, 0.15) is 12.4 Å². The highest BCUT2D eigenvalue weighted by atomic mass is 16.2. The molecule has 8 nitrogen and oxygen atoms in total. The number of nitrogens with zero attached hydrogens (tertiary/aromatic N) is 6. The maximum atomic E-state index is 13.1. The molecule has 0 N–H and O–H groups in total. The molecule has 3 heterocycles. The van der Waals surface area contributed by atoms with Gasteiger partial charge in [-0.1, -0.05) is 31.4 Å². The molecule has 0 spiro atoms. The Morgan fingerprint density at radius 2 is 2.00 bits per heavy atom. The van der Waals surface area contributed by atoms with Gasteiger partial charge in [0.15, 0.2) is 0 Å². The molecule has 1 saturated carbocycles. The smallest absolute Gasteiger partial charge is 0.341 e. The number of amidine groups is 1. The molecule has 0 unspecified atom stereocenters. The Bertz CT molecular complexity index is 1010. The maximum absolute atomic E-state index is 13.1. The third kappa shape index (κ3) is 2.58. The number of hydrogen-bond donors (Lipinski definition) is 0. The van der Waals surface area contributed by atoms with E-state index in [-0.39, 0.29) is 24.2 Å². The van der Waals surface area contributed by atoms with Crippen molar-refractivity contribution >= 4 is 17.7 Å². The van der Waals surface area contributed by atoms with E-state index < -0.39 is 0 Å². The molecule has 1 fully saturated rings. The molecule has 28 heavy (non-hydrogen) atoms. The van der Waals surface area contributed by atoms with Gasteiger partial charge < -0.3 is 4.90 Å². The fraction of sp³-hybridized carbons (Fsp3) is 0.500. The van der Waals surface area contributed by atoms with Gasteiger partial charge in [-0.15, -0.1) is 5.10 Å². The summed E-state index contributed by atoms with van der Waals surface area (Å²) in [5, 5.41) is 4.52. The van der Waals surface area contributed by atoms with Crippen LogP contribution in [-0.4, -0.2) is 57.2 Å². The number of aliphatic imine (C=N–C) groups is 1. The van der Waals surface area contributed by atoms with Crippen LogP contribution in [0.4, 0.5) is 5.95 Å². The number of hydrogen-bond acceptors (Lipinski definition) is 5. The van der Waals surface area contributed by atoms with Gasteiger partial charge >= 0.3 is 5.69 Å². The summed E-state index contributed by atoms with van der Waals surface area (Å²) >= 11 is 0. The van der Waals surface area contributed by atoms with Gasteiger partial charge in [0.05, 0.1) is 12.2 Å². The topological polar surface area (TPSA) is 75.7 Å². The van der Waals surface area contributed by atoms with Gasteiger partial charge in [0.2, 0.25) is 11.9 Å². The normalized spacial score (nSPS) is 18.3. The number of aromatic nitrogens is 3. The molecule has 8 heteroatoms. The van der Waals surface area contributed by atoms with Crippen molar-refractivity contribution in [1.29, 1.82) is 0 Å². The van der Waals surface area contributed by atoms with Crippen LogP contribution in [0.2, 0.25) is 0 Å². The van der Waals surface area contributed by atoms with E-state index in [2.05, 4.69) is 10.1 Å². The summed E-state index contributed by atoms with van der Waals surface area (Å²) < 4.78 is 2.91. The largest absolute Gasteiger partial charge is 0.352 e. The average Bonchev–Trinajstić information content (AvgIpc) is 3.34. The quantitative estimate of drug-likeness (QED) is 0.807. The lowest BCUT2D eigenvalue weighted by atomic mass is 9.94. The van der Waals surface area contributed by atoms with Crippen molar-refractivity contribution in [2.75, 3.05) is 25.0 Å². The maximum Gasteiger partial charge on any atom is 0.352 e. The Balaban J connectivity index is 1.49. The van der Waals surface area contributed by atoms with Crippen molar-refractivity contribution < 1.29 is 4.79 Å². The number of fused-ring (bicyclic) bond motifs is 6. The highest BCUT2D eigenvalue weighted by Gasteiger charge is 2.34. The Morgan fingerprint density at radius 1 is 1.21 bits per heavy atom. The summed E-state index contributed by atoms with van der Waals surface area (Å²) in [6.45, 7) is 1.33. The van der Waals surface area contributed by atoms with Crippen LogP contribution in [0.3, 0.4) is 0 Å². The molecule has 0 bridgehead atoms. The first-order valence-electron chi connectivity index (χ1n) is 10.0. The average molecular weight is 380 g/mol. The molecule has 2 aromatic rings. The lowest BCUT2D eigenvalue weighted by Gasteiger charge is -2.31. The molecular weight excluding hydrogens is 356 g/mol. The van der Waals surface area contributed by atoms with Gasteiger partial charge in [0.25, 0.3) is 0 Å². The van der Waals surface area contributed by atoms with Crippen molar-refractivity contribution in [3.8, 4) is 5.69 Å². The van der Waals surface area contributed by atoms with Crippen LogP contribution in [0.15, 0.2) is 34.1 Å². The minimum Gasteiger partial charge on any atom is -0.341 e.